The van der Waals surface area contributed by atoms with Crippen LogP contribution < -0.4 is 4.74 Å². The fourth-order valence-corrected chi connectivity index (χ4v) is 4.27. The molecule has 2 aromatic rings. The Kier molecular flexibility index (Phi) is 7.25. The van der Waals surface area contributed by atoms with E-state index in [1.807, 2.05) is 24.0 Å². The molecule has 31 heavy (non-hydrogen) atoms. The summed E-state index contributed by atoms with van der Waals surface area (Å²) < 4.78 is 11.1. The number of benzene rings is 1. The van der Waals surface area contributed by atoms with Crippen molar-refractivity contribution in [1.29, 1.82) is 0 Å². The maximum atomic E-state index is 12.7. The van der Waals surface area contributed by atoms with Crippen molar-refractivity contribution in [3.63, 3.8) is 0 Å². The Morgan fingerprint density at radius 3 is 2.32 bits per heavy atom. The summed E-state index contributed by atoms with van der Waals surface area (Å²) in [5, 5.41) is 0. The Hall–Kier alpha value is -2.38. The molecule has 0 atom stereocenters. The van der Waals surface area contributed by atoms with E-state index in [-0.39, 0.29) is 5.91 Å². The Morgan fingerprint density at radius 2 is 1.68 bits per heavy atom. The van der Waals surface area contributed by atoms with E-state index in [1.54, 1.807) is 0 Å². The van der Waals surface area contributed by atoms with Crippen LogP contribution in [0, 0.1) is 5.92 Å². The fraction of sp³-hybridized carbons (Fsp3) is 0.583. The summed E-state index contributed by atoms with van der Waals surface area (Å²) in [6.07, 6.45) is 3.66. The molecule has 3 heterocycles. The second-order valence-electron chi connectivity index (χ2n) is 8.73. The van der Waals surface area contributed by atoms with E-state index in [1.165, 1.54) is 11.8 Å². The zero-order valence-corrected chi connectivity index (χ0v) is 18.8. The quantitative estimate of drug-likeness (QED) is 0.677. The Bertz CT molecular complexity index is 835. The first-order chi connectivity index (χ1) is 15.1. The molecule has 0 unspecified atom stereocenters. The highest BCUT2D eigenvalue weighted by Crippen LogP contribution is 2.19. The van der Waals surface area contributed by atoms with Crippen molar-refractivity contribution in [1.82, 2.24) is 19.7 Å². The van der Waals surface area contributed by atoms with Crippen LogP contribution in [0.3, 0.4) is 0 Å². The summed E-state index contributed by atoms with van der Waals surface area (Å²) in [5.74, 6) is 2.26. The van der Waals surface area contributed by atoms with Crippen molar-refractivity contribution >= 4 is 5.91 Å². The van der Waals surface area contributed by atoms with Gasteiger partial charge in [-0.2, -0.15) is 0 Å². The van der Waals surface area contributed by atoms with Gasteiger partial charge in [0.25, 0.3) is 5.91 Å². The molecule has 0 N–H and O–H groups in total. The minimum absolute atomic E-state index is 0.00192. The minimum Gasteiger partial charge on any atom is -0.494 e. The summed E-state index contributed by atoms with van der Waals surface area (Å²) in [7, 11) is 0. The number of aromatic nitrogens is 1. The summed E-state index contributed by atoms with van der Waals surface area (Å²) in [4.78, 5) is 23.9. The third-order valence-corrected chi connectivity index (χ3v) is 6.31. The van der Waals surface area contributed by atoms with Crippen LogP contribution in [0.5, 0.6) is 5.75 Å². The number of nitrogens with zero attached hydrogens (tertiary/aromatic N) is 4. The predicted octanol–water partition coefficient (Wildman–Crippen LogP) is 3.26. The lowest BCUT2D eigenvalue weighted by Crippen LogP contribution is -2.45. The normalized spacial score (nSPS) is 19.0. The van der Waals surface area contributed by atoms with Crippen LogP contribution in [0.15, 0.2) is 34.9 Å². The van der Waals surface area contributed by atoms with Gasteiger partial charge in [-0.15, -0.1) is 0 Å². The van der Waals surface area contributed by atoms with Gasteiger partial charge in [0, 0.05) is 45.8 Å². The molecule has 7 heteroatoms. The lowest BCUT2D eigenvalue weighted by molar-refractivity contribution is 0.0691. The molecule has 2 aliphatic rings. The summed E-state index contributed by atoms with van der Waals surface area (Å²) in [6.45, 7) is 12.1. The van der Waals surface area contributed by atoms with Gasteiger partial charge in [-0.1, -0.05) is 19.1 Å². The summed E-state index contributed by atoms with van der Waals surface area (Å²) in [6, 6.07) is 8.37. The maximum Gasteiger partial charge on any atom is 0.275 e. The molecule has 0 bridgehead atoms. The smallest absolute Gasteiger partial charge is 0.275 e. The number of carbonyl (C=O) groups excluding carboxylic acids is 1. The Morgan fingerprint density at radius 1 is 1.03 bits per heavy atom. The van der Waals surface area contributed by atoms with Crippen LogP contribution in [-0.2, 0) is 13.1 Å². The molecular weight excluding hydrogens is 392 g/mol. The fourth-order valence-electron chi connectivity index (χ4n) is 4.27. The number of likely N-dealkylation sites (tertiary alicyclic amines) is 1. The molecule has 7 nitrogen and oxygen atoms in total. The standard InChI is InChI=1S/C24H34N4O3/c1-3-30-21-6-4-20(5-7-21)16-26-12-14-27(15-13-26)17-23-25-22(18-31-23)24(29)28-10-8-19(2)9-11-28/h4-7,18-19H,3,8-17H2,1-2H3. The summed E-state index contributed by atoms with van der Waals surface area (Å²) >= 11 is 0. The number of carbonyl (C=O) groups is 1. The molecule has 2 aliphatic heterocycles. The minimum atomic E-state index is 0.00192. The molecule has 0 spiro atoms. The SMILES string of the molecule is CCOc1ccc(CN2CCN(Cc3nc(C(=O)N4CCC(C)CC4)co3)CC2)cc1. The van der Waals surface area contributed by atoms with Crippen LogP contribution in [0.1, 0.15) is 48.6 Å². The van der Waals surface area contributed by atoms with E-state index in [0.717, 1.165) is 64.4 Å². The average molecular weight is 427 g/mol. The summed E-state index contributed by atoms with van der Waals surface area (Å²) in [5.41, 5.74) is 1.75. The largest absolute Gasteiger partial charge is 0.494 e. The second-order valence-corrected chi connectivity index (χ2v) is 8.73. The van der Waals surface area contributed by atoms with Gasteiger partial charge >= 0.3 is 0 Å². The first-order valence-electron chi connectivity index (χ1n) is 11.5. The van der Waals surface area contributed by atoms with Gasteiger partial charge in [-0.05, 0) is 43.4 Å². The van der Waals surface area contributed by atoms with Gasteiger partial charge in [0.05, 0.1) is 13.2 Å². The number of piperazine rings is 1. The van der Waals surface area contributed by atoms with E-state index < -0.39 is 0 Å². The van der Waals surface area contributed by atoms with E-state index in [0.29, 0.717) is 30.7 Å². The lowest BCUT2D eigenvalue weighted by Gasteiger charge is -2.34. The first kappa shape index (κ1) is 21.8. The average Bonchev–Trinajstić information content (AvgIpc) is 3.25. The maximum absolute atomic E-state index is 12.7. The molecule has 168 valence electrons. The van der Waals surface area contributed by atoms with Gasteiger partial charge in [0.15, 0.2) is 5.69 Å². The van der Waals surface area contributed by atoms with E-state index in [4.69, 9.17) is 9.15 Å². The van der Waals surface area contributed by atoms with Crippen molar-refractivity contribution in [2.45, 2.75) is 39.8 Å². The van der Waals surface area contributed by atoms with Crippen LogP contribution in [0.4, 0.5) is 0 Å². The highest BCUT2D eigenvalue weighted by molar-refractivity contribution is 5.92. The number of rotatable bonds is 7. The molecule has 0 radical (unpaired) electrons. The van der Waals surface area contributed by atoms with Crippen molar-refractivity contribution < 1.29 is 13.9 Å². The first-order valence-corrected chi connectivity index (χ1v) is 11.5. The van der Waals surface area contributed by atoms with E-state index in [2.05, 4.69) is 33.8 Å². The highest BCUT2D eigenvalue weighted by atomic mass is 16.5. The van der Waals surface area contributed by atoms with Crippen molar-refractivity contribution in [2.24, 2.45) is 5.92 Å². The molecule has 1 aromatic heterocycles. The molecule has 0 aliphatic carbocycles. The van der Waals surface area contributed by atoms with E-state index >= 15 is 0 Å². The van der Waals surface area contributed by atoms with Gasteiger partial charge in [-0.25, -0.2) is 4.98 Å². The number of piperidine rings is 1. The molecule has 4 rings (SSSR count). The van der Waals surface area contributed by atoms with Crippen LogP contribution in [0.2, 0.25) is 0 Å². The van der Waals surface area contributed by atoms with Gasteiger partial charge < -0.3 is 14.1 Å². The van der Waals surface area contributed by atoms with Crippen molar-refractivity contribution in [3.8, 4) is 5.75 Å². The Labute approximate surface area is 185 Å². The zero-order chi connectivity index (χ0) is 21.6. The number of ether oxygens (including phenoxy) is 1. The zero-order valence-electron chi connectivity index (χ0n) is 18.8. The monoisotopic (exact) mass is 426 g/mol. The van der Waals surface area contributed by atoms with Crippen molar-refractivity contribution in [3.05, 3.63) is 47.7 Å². The van der Waals surface area contributed by atoms with Crippen LogP contribution in [-0.4, -0.2) is 71.5 Å². The lowest BCUT2D eigenvalue weighted by atomic mass is 9.99. The van der Waals surface area contributed by atoms with E-state index in [9.17, 15) is 4.79 Å². The topological polar surface area (TPSA) is 62.1 Å². The molecule has 0 saturated carbocycles. The van der Waals surface area contributed by atoms with Gasteiger partial charge in [-0.3, -0.25) is 14.6 Å². The van der Waals surface area contributed by atoms with Crippen LogP contribution in [0.25, 0.3) is 0 Å². The number of amides is 1. The second kappa shape index (κ2) is 10.3. The predicted molar refractivity (Wildman–Crippen MR) is 119 cm³/mol. The highest BCUT2D eigenvalue weighted by Gasteiger charge is 2.25. The van der Waals surface area contributed by atoms with Gasteiger partial charge in [0.1, 0.15) is 12.0 Å². The van der Waals surface area contributed by atoms with Gasteiger partial charge in [0.2, 0.25) is 5.89 Å². The Balaban J connectivity index is 1.22. The third kappa shape index (κ3) is 5.86. The van der Waals surface area contributed by atoms with Crippen molar-refractivity contribution in [2.75, 3.05) is 45.9 Å². The third-order valence-electron chi connectivity index (χ3n) is 6.31. The molecular formula is C24H34N4O3. The molecule has 1 amide bonds. The van der Waals surface area contributed by atoms with Crippen LogP contribution >= 0.6 is 0 Å². The molecule has 2 fully saturated rings. The molecule has 1 aromatic carbocycles. The number of hydrogen-bond donors (Lipinski definition) is 0. The number of oxazole rings is 1. The molecule has 2 saturated heterocycles. The number of hydrogen-bond acceptors (Lipinski definition) is 6.